The lowest BCUT2D eigenvalue weighted by atomic mass is 9.90. The smallest absolute Gasteiger partial charge is 0.338 e. The van der Waals surface area contributed by atoms with E-state index in [4.69, 9.17) is 18.9 Å². The summed E-state index contributed by atoms with van der Waals surface area (Å²) in [7, 11) is 4.63. The molecule has 6 nitrogen and oxygen atoms in total. The van der Waals surface area contributed by atoms with Crippen LogP contribution in [0.1, 0.15) is 15.9 Å². The Morgan fingerprint density at radius 3 is 2.37 bits per heavy atom. The molecule has 3 aromatic carbocycles. The van der Waals surface area contributed by atoms with Crippen LogP contribution in [-0.2, 0) is 11.3 Å². The maximum absolute atomic E-state index is 12.2. The maximum Gasteiger partial charge on any atom is 0.338 e. The lowest BCUT2D eigenvalue weighted by molar-refractivity contribution is 0.0535. The SMILES string of the molecule is COc1cc2cc3c(c(-c4ccc(OC)c(OC)c4)c2cc1O)COC3=O. The van der Waals surface area contributed by atoms with Gasteiger partial charge in [0.25, 0.3) is 0 Å². The van der Waals surface area contributed by atoms with E-state index in [1.807, 2.05) is 12.1 Å². The molecule has 1 heterocycles. The number of phenolic OH excluding ortho intramolecular Hbond substituents is 1. The highest BCUT2D eigenvalue weighted by Crippen LogP contribution is 2.43. The number of benzene rings is 3. The quantitative estimate of drug-likeness (QED) is 0.706. The third-order valence-corrected chi connectivity index (χ3v) is 4.79. The van der Waals surface area contributed by atoms with Crippen LogP contribution in [0, 0.1) is 0 Å². The van der Waals surface area contributed by atoms with Crippen LogP contribution < -0.4 is 14.2 Å². The molecule has 0 aliphatic carbocycles. The predicted octanol–water partition coefficient (Wildman–Crippen LogP) is 3.91. The Morgan fingerprint density at radius 2 is 1.67 bits per heavy atom. The standard InChI is InChI=1S/C21H18O6/c1-24-17-5-4-11(7-19(17)26-3)20-13-9-16(22)18(25-2)8-12(13)6-14-15(20)10-27-21(14)23/h4-9,22H,10H2,1-3H3. The summed E-state index contributed by atoms with van der Waals surface area (Å²) in [4.78, 5) is 12.2. The van der Waals surface area contributed by atoms with Gasteiger partial charge in [0.1, 0.15) is 6.61 Å². The molecule has 138 valence electrons. The van der Waals surface area contributed by atoms with Gasteiger partial charge in [-0.3, -0.25) is 0 Å². The average molecular weight is 366 g/mol. The van der Waals surface area contributed by atoms with Gasteiger partial charge in [-0.1, -0.05) is 6.07 Å². The van der Waals surface area contributed by atoms with Crippen molar-refractivity contribution >= 4 is 16.7 Å². The molecule has 6 heteroatoms. The number of rotatable bonds is 4. The fourth-order valence-corrected chi connectivity index (χ4v) is 3.49. The van der Waals surface area contributed by atoms with Gasteiger partial charge in [0.05, 0.1) is 26.9 Å². The van der Waals surface area contributed by atoms with Crippen LogP contribution in [0.5, 0.6) is 23.0 Å². The second-order valence-corrected chi connectivity index (χ2v) is 6.17. The van der Waals surface area contributed by atoms with Crippen LogP contribution in [0.15, 0.2) is 36.4 Å². The number of hydrogen-bond acceptors (Lipinski definition) is 6. The zero-order valence-electron chi connectivity index (χ0n) is 15.2. The summed E-state index contributed by atoms with van der Waals surface area (Å²) in [6.07, 6.45) is 0. The van der Waals surface area contributed by atoms with E-state index in [0.29, 0.717) is 22.8 Å². The van der Waals surface area contributed by atoms with E-state index in [1.54, 1.807) is 38.5 Å². The molecule has 1 aliphatic heterocycles. The largest absolute Gasteiger partial charge is 0.504 e. The van der Waals surface area contributed by atoms with E-state index in [-0.39, 0.29) is 18.3 Å². The number of esters is 1. The monoisotopic (exact) mass is 366 g/mol. The summed E-state index contributed by atoms with van der Waals surface area (Å²) in [5.74, 6) is 1.18. The molecule has 0 fully saturated rings. The predicted molar refractivity (Wildman–Crippen MR) is 99.8 cm³/mol. The van der Waals surface area contributed by atoms with Crippen molar-refractivity contribution in [1.29, 1.82) is 0 Å². The van der Waals surface area contributed by atoms with E-state index in [1.165, 1.54) is 7.11 Å². The number of ether oxygens (including phenoxy) is 4. The summed E-state index contributed by atoms with van der Waals surface area (Å²) in [5, 5.41) is 11.9. The van der Waals surface area contributed by atoms with E-state index in [0.717, 1.165) is 27.5 Å². The first-order valence-electron chi connectivity index (χ1n) is 8.33. The normalized spacial score (nSPS) is 12.6. The zero-order chi connectivity index (χ0) is 19.1. The molecule has 27 heavy (non-hydrogen) atoms. The average Bonchev–Trinajstić information content (AvgIpc) is 3.05. The Hall–Kier alpha value is -3.41. The minimum atomic E-state index is -0.360. The number of hydrogen-bond donors (Lipinski definition) is 1. The Bertz CT molecular complexity index is 1070. The van der Waals surface area contributed by atoms with E-state index >= 15 is 0 Å². The first-order chi connectivity index (χ1) is 13.1. The summed E-state index contributed by atoms with van der Waals surface area (Å²) in [5.41, 5.74) is 2.94. The topological polar surface area (TPSA) is 74.2 Å². The molecular weight excluding hydrogens is 348 g/mol. The zero-order valence-corrected chi connectivity index (χ0v) is 15.2. The molecule has 0 atom stereocenters. The van der Waals surface area contributed by atoms with Crippen molar-refractivity contribution in [2.45, 2.75) is 6.61 Å². The van der Waals surface area contributed by atoms with Gasteiger partial charge in [0.2, 0.25) is 0 Å². The van der Waals surface area contributed by atoms with Gasteiger partial charge in [-0.05, 0) is 52.2 Å². The number of phenols is 1. The van der Waals surface area contributed by atoms with Crippen LogP contribution in [0.2, 0.25) is 0 Å². The number of carbonyl (C=O) groups excluding carboxylic acids is 1. The molecule has 0 spiro atoms. The third-order valence-electron chi connectivity index (χ3n) is 4.79. The second kappa shape index (κ2) is 6.39. The first kappa shape index (κ1) is 17.0. The number of methoxy groups -OCH3 is 3. The molecule has 1 aliphatic rings. The molecule has 0 saturated carbocycles. The van der Waals surface area contributed by atoms with Gasteiger partial charge < -0.3 is 24.1 Å². The van der Waals surface area contributed by atoms with Crippen molar-refractivity contribution in [3.05, 3.63) is 47.5 Å². The lowest BCUT2D eigenvalue weighted by Gasteiger charge is -2.15. The van der Waals surface area contributed by atoms with Crippen molar-refractivity contribution < 1.29 is 28.8 Å². The van der Waals surface area contributed by atoms with Gasteiger partial charge in [-0.15, -0.1) is 0 Å². The van der Waals surface area contributed by atoms with Crippen LogP contribution in [-0.4, -0.2) is 32.4 Å². The summed E-state index contributed by atoms with van der Waals surface area (Å²) in [6, 6.07) is 10.7. The minimum absolute atomic E-state index is 0.0249. The number of fused-ring (bicyclic) bond motifs is 2. The summed E-state index contributed by atoms with van der Waals surface area (Å²) in [6.45, 7) is 0.181. The van der Waals surface area contributed by atoms with Crippen molar-refractivity contribution in [3.63, 3.8) is 0 Å². The van der Waals surface area contributed by atoms with Crippen LogP contribution >= 0.6 is 0 Å². The van der Waals surface area contributed by atoms with Gasteiger partial charge in [0.15, 0.2) is 23.0 Å². The van der Waals surface area contributed by atoms with E-state index in [9.17, 15) is 9.90 Å². The molecule has 0 bridgehead atoms. The van der Waals surface area contributed by atoms with E-state index in [2.05, 4.69) is 0 Å². The Kier molecular flexibility index (Phi) is 4.03. The molecule has 0 amide bonds. The Labute approximate surface area is 155 Å². The van der Waals surface area contributed by atoms with Crippen molar-refractivity contribution in [2.24, 2.45) is 0 Å². The first-order valence-corrected chi connectivity index (χ1v) is 8.33. The highest BCUT2D eigenvalue weighted by atomic mass is 16.5. The fourth-order valence-electron chi connectivity index (χ4n) is 3.49. The van der Waals surface area contributed by atoms with Gasteiger partial charge in [-0.2, -0.15) is 0 Å². The molecule has 1 N–H and O–H groups in total. The summed E-state index contributed by atoms with van der Waals surface area (Å²) >= 11 is 0. The van der Waals surface area contributed by atoms with Crippen LogP contribution in [0.3, 0.4) is 0 Å². The van der Waals surface area contributed by atoms with Gasteiger partial charge >= 0.3 is 5.97 Å². The molecule has 4 rings (SSSR count). The van der Waals surface area contributed by atoms with Gasteiger partial charge in [0, 0.05) is 5.56 Å². The Balaban J connectivity index is 2.07. The fraction of sp³-hybridized carbons (Fsp3) is 0.190. The number of aromatic hydroxyl groups is 1. The Morgan fingerprint density at radius 1 is 0.926 bits per heavy atom. The molecule has 0 aromatic heterocycles. The van der Waals surface area contributed by atoms with Crippen molar-refractivity contribution in [2.75, 3.05) is 21.3 Å². The number of carbonyl (C=O) groups is 1. The summed E-state index contributed by atoms with van der Waals surface area (Å²) < 4.78 is 21.2. The molecule has 3 aromatic rings. The molecule has 0 saturated heterocycles. The molecular formula is C21H18O6. The van der Waals surface area contributed by atoms with E-state index < -0.39 is 0 Å². The second-order valence-electron chi connectivity index (χ2n) is 6.17. The highest BCUT2D eigenvalue weighted by molar-refractivity contribution is 6.08. The van der Waals surface area contributed by atoms with Crippen LogP contribution in [0.4, 0.5) is 0 Å². The highest BCUT2D eigenvalue weighted by Gasteiger charge is 2.27. The van der Waals surface area contributed by atoms with Crippen molar-refractivity contribution in [3.8, 4) is 34.1 Å². The molecule has 0 unspecified atom stereocenters. The lowest BCUT2D eigenvalue weighted by Crippen LogP contribution is -1.97. The number of cyclic esters (lactones) is 1. The third kappa shape index (κ3) is 2.61. The van der Waals surface area contributed by atoms with Crippen molar-refractivity contribution in [1.82, 2.24) is 0 Å². The maximum atomic E-state index is 12.2. The minimum Gasteiger partial charge on any atom is -0.504 e. The van der Waals surface area contributed by atoms with Gasteiger partial charge in [-0.25, -0.2) is 4.79 Å². The molecule has 0 radical (unpaired) electrons. The van der Waals surface area contributed by atoms with Crippen LogP contribution in [0.25, 0.3) is 21.9 Å².